The van der Waals surface area contributed by atoms with Crippen molar-refractivity contribution in [1.29, 1.82) is 0 Å². The van der Waals surface area contributed by atoms with Gasteiger partial charge in [0, 0.05) is 6.42 Å². The van der Waals surface area contributed by atoms with Gasteiger partial charge in [-0.25, -0.2) is 0 Å². The molecule has 9 heavy (non-hydrogen) atoms. The average Bonchev–Trinajstić information content (AvgIpc) is 1.59. The van der Waals surface area contributed by atoms with Crippen LogP contribution in [-0.2, 0) is 15.0 Å². The SMILES string of the molecule is CC(=O)CCS(=O)(=O)F. The molecule has 0 radical (unpaired) electrons. The van der Waals surface area contributed by atoms with Crippen LogP contribution in [0.15, 0.2) is 0 Å². The van der Waals surface area contributed by atoms with Gasteiger partial charge in [0.15, 0.2) is 0 Å². The standard InChI is InChI=1S/C4H7FO3S/c1-4(6)2-3-9(5,7)8/h2-3H2,1H3. The van der Waals surface area contributed by atoms with Gasteiger partial charge < -0.3 is 0 Å². The summed E-state index contributed by atoms with van der Waals surface area (Å²) in [5.74, 6) is -1.02. The number of ketones is 1. The van der Waals surface area contributed by atoms with Crippen molar-refractivity contribution in [3.05, 3.63) is 0 Å². The van der Waals surface area contributed by atoms with Crippen molar-refractivity contribution in [2.75, 3.05) is 5.75 Å². The van der Waals surface area contributed by atoms with Crippen LogP contribution in [0.1, 0.15) is 13.3 Å². The van der Waals surface area contributed by atoms with Gasteiger partial charge in [0.25, 0.3) is 0 Å². The Bertz CT molecular complexity index is 194. The molecule has 0 atom stereocenters. The minimum Gasteiger partial charge on any atom is -0.300 e. The van der Waals surface area contributed by atoms with Crippen LogP contribution in [0, 0.1) is 0 Å². The Balaban J connectivity index is 3.67. The van der Waals surface area contributed by atoms with Crippen LogP contribution in [-0.4, -0.2) is 20.0 Å². The average molecular weight is 154 g/mol. The molecule has 0 bridgehead atoms. The van der Waals surface area contributed by atoms with E-state index >= 15 is 0 Å². The van der Waals surface area contributed by atoms with E-state index in [2.05, 4.69) is 0 Å². The smallest absolute Gasteiger partial charge is 0.300 e. The van der Waals surface area contributed by atoms with Crippen LogP contribution in [0.3, 0.4) is 0 Å². The first-order chi connectivity index (χ1) is 3.92. The van der Waals surface area contributed by atoms with Gasteiger partial charge in [0.2, 0.25) is 0 Å². The molecular weight excluding hydrogens is 147 g/mol. The molecule has 54 valence electrons. The third kappa shape index (κ3) is 7.55. The van der Waals surface area contributed by atoms with Gasteiger partial charge in [-0.3, -0.25) is 4.79 Å². The summed E-state index contributed by atoms with van der Waals surface area (Å²) < 4.78 is 31.0. The summed E-state index contributed by atoms with van der Waals surface area (Å²) in [4.78, 5) is 10.1. The molecule has 0 unspecified atom stereocenters. The van der Waals surface area contributed by atoms with Gasteiger partial charge in [0.05, 0.1) is 5.75 Å². The van der Waals surface area contributed by atoms with Gasteiger partial charge in [-0.1, -0.05) is 0 Å². The van der Waals surface area contributed by atoms with Crippen LogP contribution in [0.25, 0.3) is 0 Å². The number of halogens is 1. The van der Waals surface area contributed by atoms with Crippen LogP contribution >= 0.6 is 0 Å². The Hall–Kier alpha value is -0.450. The van der Waals surface area contributed by atoms with Crippen molar-refractivity contribution in [2.24, 2.45) is 0 Å². The molecule has 0 rings (SSSR count). The number of hydrogen-bond acceptors (Lipinski definition) is 3. The van der Waals surface area contributed by atoms with Gasteiger partial charge >= 0.3 is 10.2 Å². The van der Waals surface area contributed by atoms with E-state index < -0.39 is 16.0 Å². The molecule has 0 aliphatic rings. The predicted molar refractivity (Wildman–Crippen MR) is 30.2 cm³/mol. The zero-order valence-electron chi connectivity index (χ0n) is 4.93. The Morgan fingerprint density at radius 1 is 1.56 bits per heavy atom. The monoisotopic (exact) mass is 154 g/mol. The highest BCUT2D eigenvalue weighted by Crippen LogP contribution is 1.93. The van der Waals surface area contributed by atoms with Gasteiger partial charge in [-0.15, -0.1) is 3.89 Å². The Labute approximate surface area is 53.1 Å². The molecule has 0 amide bonds. The molecule has 0 heterocycles. The molecule has 5 heteroatoms. The maximum Gasteiger partial charge on any atom is 0.302 e. The largest absolute Gasteiger partial charge is 0.302 e. The fraction of sp³-hybridized carbons (Fsp3) is 0.750. The van der Waals surface area contributed by atoms with Gasteiger partial charge in [0.1, 0.15) is 5.78 Å². The van der Waals surface area contributed by atoms with E-state index in [9.17, 15) is 17.1 Å². The summed E-state index contributed by atoms with van der Waals surface area (Å²) in [6, 6.07) is 0. The second-order valence-corrected chi connectivity index (χ2v) is 3.18. The molecule has 0 saturated carbocycles. The summed E-state index contributed by atoms with van der Waals surface area (Å²) in [7, 11) is -4.44. The number of hydrogen-bond donors (Lipinski definition) is 0. The molecule has 0 N–H and O–H groups in total. The highest BCUT2D eigenvalue weighted by Gasteiger charge is 2.07. The first kappa shape index (κ1) is 8.55. The lowest BCUT2D eigenvalue weighted by Crippen LogP contribution is -2.02. The first-order valence-corrected chi connectivity index (χ1v) is 3.89. The van der Waals surface area contributed by atoms with Crippen molar-refractivity contribution in [2.45, 2.75) is 13.3 Å². The second-order valence-electron chi connectivity index (χ2n) is 1.69. The lowest BCUT2D eigenvalue weighted by molar-refractivity contribution is -0.116. The molecule has 0 aromatic heterocycles. The summed E-state index contributed by atoms with van der Waals surface area (Å²) in [6.45, 7) is 1.21. The van der Waals surface area contributed by atoms with Gasteiger partial charge in [-0.05, 0) is 6.92 Å². The summed E-state index contributed by atoms with van der Waals surface area (Å²) in [5, 5.41) is 0. The van der Waals surface area contributed by atoms with Crippen molar-refractivity contribution >= 4 is 16.0 Å². The van der Waals surface area contributed by atoms with Crippen molar-refractivity contribution in [1.82, 2.24) is 0 Å². The van der Waals surface area contributed by atoms with E-state index in [1.165, 1.54) is 6.92 Å². The van der Waals surface area contributed by atoms with Crippen molar-refractivity contribution in [3.8, 4) is 0 Å². The number of rotatable bonds is 3. The van der Waals surface area contributed by atoms with Crippen LogP contribution in [0.2, 0.25) is 0 Å². The van der Waals surface area contributed by atoms with E-state index in [1.807, 2.05) is 0 Å². The summed E-state index contributed by atoms with van der Waals surface area (Å²) >= 11 is 0. The number of carbonyl (C=O) groups excluding carboxylic acids is 1. The lowest BCUT2D eigenvalue weighted by Gasteiger charge is -1.87. The van der Waals surface area contributed by atoms with E-state index in [4.69, 9.17) is 0 Å². The minimum absolute atomic E-state index is 0.237. The summed E-state index contributed by atoms with van der Waals surface area (Å²) in [6.07, 6.45) is -0.237. The van der Waals surface area contributed by atoms with Gasteiger partial charge in [-0.2, -0.15) is 8.42 Å². The van der Waals surface area contributed by atoms with Crippen LogP contribution in [0.5, 0.6) is 0 Å². The topological polar surface area (TPSA) is 51.2 Å². The predicted octanol–water partition coefficient (Wildman–Crippen LogP) is 0.265. The maximum atomic E-state index is 11.6. The molecule has 0 aliphatic carbocycles. The van der Waals surface area contributed by atoms with Crippen molar-refractivity contribution < 1.29 is 17.1 Å². The normalized spacial score (nSPS) is 11.3. The number of Topliss-reactive ketones (excluding diaryl/α,β-unsaturated/α-hetero) is 1. The Morgan fingerprint density at radius 2 is 2.00 bits per heavy atom. The third-order valence-electron chi connectivity index (χ3n) is 0.698. The molecule has 0 fully saturated rings. The third-order valence-corrected chi connectivity index (χ3v) is 1.39. The maximum absolute atomic E-state index is 11.6. The summed E-state index contributed by atoms with van der Waals surface area (Å²) in [5.41, 5.74) is 0. The zero-order chi connectivity index (χ0) is 7.49. The fourth-order valence-electron chi connectivity index (χ4n) is 0.266. The molecule has 0 saturated heterocycles. The molecule has 0 aromatic carbocycles. The van der Waals surface area contributed by atoms with Crippen LogP contribution < -0.4 is 0 Å². The van der Waals surface area contributed by atoms with Crippen molar-refractivity contribution in [3.63, 3.8) is 0 Å². The van der Waals surface area contributed by atoms with E-state index in [0.29, 0.717) is 0 Å². The Kier molecular flexibility index (Phi) is 2.76. The molecule has 0 aromatic rings. The van der Waals surface area contributed by atoms with Crippen LogP contribution in [0.4, 0.5) is 3.89 Å². The quantitative estimate of drug-likeness (QED) is 0.548. The highest BCUT2D eigenvalue weighted by molar-refractivity contribution is 7.86. The first-order valence-electron chi connectivity index (χ1n) is 2.33. The van der Waals surface area contributed by atoms with E-state index in [1.54, 1.807) is 0 Å². The van der Waals surface area contributed by atoms with E-state index in [-0.39, 0.29) is 12.2 Å². The minimum atomic E-state index is -4.44. The second kappa shape index (κ2) is 2.91. The molecule has 3 nitrogen and oxygen atoms in total. The Morgan fingerprint density at radius 3 is 2.11 bits per heavy atom. The number of carbonyl (C=O) groups is 1. The lowest BCUT2D eigenvalue weighted by atomic mass is 10.4. The molecule has 0 aliphatic heterocycles. The molecule has 0 spiro atoms. The zero-order valence-corrected chi connectivity index (χ0v) is 5.74. The van der Waals surface area contributed by atoms with E-state index in [0.717, 1.165) is 0 Å². The fourth-order valence-corrected chi connectivity index (χ4v) is 0.797. The highest BCUT2D eigenvalue weighted by atomic mass is 32.3. The molecular formula is C4H7FO3S.